The lowest BCUT2D eigenvalue weighted by molar-refractivity contribution is 0.182. The quantitative estimate of drug-likeness (QED) is 0.240. The van der Waals surface area contributed by atoms with Crippen LogP contribution < -0.4 is 15.4 Å². The number of aromatic nitrogens is 2. The zero-order valence-corrected chi connectivity index (χ0v) is 22.9. The van der Waals surface area contributed by atoms with Gasteiger partial charge in [-0.3, -0.25) is 4.68 Å². The summed E-state index contributed by atoms with van der Waals surface area (Å²) < 4.78 is 13.0. The number of methoxy groups -OCH3 is 1. The molecule has 1 atom stereocenters. The number of nitrogens with one attached hydrogen (secondary N) is 2. The van der Waals surface area contributed by atoms with E-state index in [-0.39, 0.29) is 30.0 Å². The van der Waals surface area contributed by atoms with E-state index in [1.165, 1.54) is 5.56 Å². The van der Waals surface area contributed by atoms with Crippen molar-refractivity contribution in [2.75, 3.05) is 26.9 Å². The van der Waals surface area contributed by atoms with Gasteiger partial charge in [-0.1, -0.05) is 26.0 Å². The van der Waals surface area contributed by atoms with E-state index >= 15 is 0 Å². The minimum Gasteiger partial charge on any atom is -0.493 e. The highest BCUT2D eigenvalue weighted by Gasteiger charge is 2.13. The van der Waals surface area contributed by atoms with Crippen LogP contribution in [0.25, 0.3) is 0 Å². The van der Waals surface area contributed by atoms with Crippen molar-refractivity contribution in [3.63, 3.8) is 0 Å². The van der Waals surface area contributed by atoms with Gasteiger partial charge in [0.2, 0.25) is 0 Å². The van der Waals surface area contributed by atoms with E-state index in [0.717, 1.165) is 48.4 Å². The minimum absolute atomic E-state index is 0. The number of rotatable bonds is 11. The van der Waals surface area contributed by atoms with Crippen LogP contribution in [-0.2, 0) is 17.8 Å². The summed E-state index contributed by atoms with van der Waals surface area (Å²) in [5.74, 6) is 2.21. The third-order valence-electron chi connectivity index (χ3n) is 5.09. The molecule has 2 N–H and O–H groups in total. The number of aliphatic imine (C=N–C) groups is 1. The molecule has 0 saturated heterocycles. The molecule has 2 aromatic rings. The first-order chi connectivity index (χ1) is 14.8. The number of aryl methyl sites for hydroxylation is 1. The summed E-state index contributed by atoms with van der Waals surface area (Å²) in [7, 11) is 1.71. The maximum Gasteiger partial charge on any atom is 0.192 e. The van der Waals surface area contributed by atoms with Gasteiger partial charge in [0.05, 0.1) is 38.0 Å². The molecular formula is C24H40IN5O2. The molecule has 0 amide bonds. The summed E-state index contributed by atoms with van der Waals surface area (Å²) in [6, 6.07) is 8.38. The smallest absolute Gasteiger partial charge is 0.192 e. The third-order valence-corrected chi connectivity index (χ3v) is 5.09. The van der Waals surface area contributed by atoms with E-state index < -0.39 is 0 Å². The fourth-order valence-corrected chi connectivity index (χ4v) is 3.24. The summed E-state index contributed by atoms with van der Waals surface area (Å²) in [5.41, 5.74) is 4.49. The van der Waals surface area contributed by atoms with E-state index in [0.29, 0.717) is 19.1 Å². The Labute approximate surface area is 210 Å². The second-order valence-corrected chi connectivity index (χ2v) is 8.20. The predicted molar refractivity (Wildman–Crippen MR) is 142 cm³/mol. The highest BCUT2D eigenvalue weighted by atomic mass is 127. The lowest BCUT2D eigenvalue weighted by Gasteiger charge is -2.19. The largest absolute Gasteiger partial charge is 0.493 e. The first kappa shape index (κ1) is 28.2. The summed E-state index contributed by atoms with van der Waals surface area (Å²) in [6.45, 7) is 16.1. The Hall–Kier alpha value is -1.81. The highest BCUT2D eigenvalue weighted by Crippen LogP contribution is 2.19. The molecule has 7 nitrogen and oxygen atoms in total. The van der Waals surface area contributed by atoms with E-state index in [4.69, 9.17) is 14.5 Å². The van der Waals surface area contributed by atoms with Crippen molar-refractivity contribution < 1.29 is 9.47 Å². The Morgan fingerprint density at radius 3 is 2.44 bits per heavy atom. The van der Waals surface area contributed by atoms with Gasteiger partial charge in [0.25, 0.3) is 0 Å². The maximum absolute atomic E-state index is 5.79. The highest BCUT2D eigenvalue weighted by molar-refractivity contribution is 14.0. The van der Waals surface area contributed by atoms with Gasteiger partial charge in [-0.2, -0.15) is 5.10 Å². The molecule has 0 bridgehead atoms. The Bertz CT molecular complexity index is 834. The molecule has 1 heterocycles. The van der Waals surface area contributed by atoms with Gasteiger partial charge in [0, 0.05) is 24.9 Å². The number of benzene rings is 1. The molecule has 1 aromatic heterocycles. The van der Waals surface area contributed by atoms with Gasteiger partial charge in [0.1, 0.15) is 5.75 Å². The molecular weight excluding hydrogens is 517 g/mol. The van der Waals surface area contributed by atoms with E-state index in [1.54, 1.807) is 7.11 Å². The number of hydrogen-bond donors (Lipinski definition) is 2. The van der Waals surface area contributed by atoms with Gasteiger partial charge < -0.3 is 20.1 Å². The van der Waals surface area contributed by atoms with Crippen molar-refractivity contribution in [3.05, 3.63) is 46.8 Å². The number of ether oxygens (including phenoxy) is 2. The number of hydrogen-bond acceptors (Lipinski definition) is 4. The number of guanidine groups is 1. The van der Waals surface area contributed by atoms with Gasteiger partial charge in [-0.25, -0.2) is 4.99 Å². The molecule has 0 saturated carbocycles. The molecule has 32 heavy (non-hydrogen) atoms. The second-order valence-electron chi connectivity index (χ2n) is 8.20. The van der Waals surface area contributed by atoms with Crippen LogP contribution in [0, 0.1) is 19.8 Å². The standard InChI is InChI=1S/C24H39N5O2.HI/c1-8-25-24(26-15-23-19(5)28-29(20(23)6)13-14-30-7)27-18(4)21-9-11-22(12-10-21)31-16-17(2)3;/h9-12,17-18H,8,13-16H2,1-7H3,(H2,25,26,27);1H. The summed E-state index contributed by atoms with van der Waals surface area (Å²) >= 11 is 0. The summed E-state index contributed by atoms with van der Waals surface area (Å²) in [6.07, 6.45) is 0. The zero-order chi connectivity index (χ0) is 22.8. The van der Waals surface area contributed by atoms with Crippen molar-refractivity contribution in [1.82, 2.24) is 20.4 Å². The Balaban J connectivity index is 0.00000512. The van der Waals surface area contributed by atoms with Crippen molar-refractivity contribution in [1.29, 1.82) is 0 Å². The molecule has 0 aliphatic rings. The summed E-state index contributed by atoms with van der Waals surface area (Å²) in [4.78, 5) is 4.82. The average Bonchev–Trinajstić information content (AvgIpc) is 3.02. The molecule has 0 fully saturated rings. The molecule has 0 spiro atoms. The molecule has 1 aromatic carbocycles. The molecule has 0 radical (unpaired) electrons. The van der Waals surface area contributed by atoms with Crippen LogP contribution in [0.4, 0.5) is 0 Å². The molecule has 180 valence electrons. The lowest BCUT2D eigenvalue weighted by Crippen LogP contribution is -2.38. The Morgan fingerprint density at radius 1 is 1.16 bits per heavy atom. The normalized spacial score (nSPS) is 12.4. The second kappa shape index (κ2) is 14.4. The van der Waals surface area contributed by atoms with Crippen LogP contribution >= 0.6 is 24.0 Å². The van der Waals surface area contributed by atoms with Crippen molar-refractivity contribution in [2.24, 2.45) is 10.9 Å². The van der Waals surface area contributed by atoms with E-state index in [2.05, 4.69) is 62.5 Å². The fraction of sp³-hybridized carbons (Fsp3) is 0.583. The van der Waals surface area contributed by atoms with Crippen LogP contribution in [0.5, 0.6) is 5.75 Å². The van der Waals surface area contributed by atoms with Crippen LogP contribution in [0.3, 0.4) is 0 Å². The van der Waals surface area contributed by atoms with Gasteiger partial charge >= 0.3 is 0 Å². The number of halogens is 1. The maximum atomic E-state index is 5.79. The van der Waals surface area contributed by atoms with Crippen LogP contribution in [0.1, 0.15) is 56.3 Å². The SMILES string of the molecule is CCNC(=NCc1c(C)nn(CCOC)c1C)NC(C)c1ccc(OCC(C)C)cc1.I. The Kier molecular flexibility index (Phi) is 12.7. The van der Waals surface area contributed by atoms with Crippen LogP contribution in [-0.4, -0.2) is 42.6 Å². The average molecular weight is 558 g/mol. The summed E-state index contributed by atoms with van der Waals surface area (Å²) in [5, 5.41) is 11.5. The molecule has 1 unspecified atom stereocenters. The fourth-order valence-electron chi connectivity index (χ4n) is 3.24. The number of nitrogens with zero attached hydrogens (tertiary/aromatic N) is 3. The first-order valence-electron chi connectivity index (χ1n) is 11.1. The van der Waals surface area contributed by atoms with Gasteiger partial charge in [-0.15, -0.1) is 24.0 Å². The van der Waals surface area contributed by atoms with Gasteiger partial charge in [-0.05, 0) is 51.3 Å². The first-order valence-corrected chi connectivity index (χ1v) is 11.1. The minimum atomic E-state index is 0. The molecule has 0 aliphatic carbocycles. The van der Waals surface area contributed by atoms with E-state index in [1.807, 2.05) is 23.7 Å². The topological polar surface area (TPSA) is 72.7 Å². The van der Waals surface area contributed by atoms with Crippen LogP contribution in [0.2, 0.25) is 0 Å². The molecule has 0 aliphatic heterocycles. The molecule has 8 heteroatoms. The van der Waals surface area contributed by atoms with Crippen LogP contribution in [0.15, 0.2) is 29.3 Å². The Morgan fingerprint density at radius 2 is 1.84 bits per heavy atom. The van der Waals surface area contributed by atoms with Crippen molar-refractivity contribution >= 4 is 29.9 Å². The van der Waals surface area contributed by atoms with Crippen molar-refractivity contribution in [3.8, 4) is 5.75 Å². The molecule has 2 rings (SSSR count). The third kappa shape index (κ3) is 8.61. The zero-order valence-electron chi connectivity index (χ0n) is 20.6. The van der Waals surface area contributed by atoms with E-state index in [9.17, 15) is 0 Å². The monoisotopic (exact) mass is 557 g/mol. The predicted octanol–water partition coefficient (Wildman–Crippen LogP) is 4.62. The van der Waals surface area contributed by atoms with Crippen molar-refractivity contribution in [2.45, 2.75) is 60.7 Å². The lowest BCUT2D eigenvalue weighted by atomic mass is 10.1. The van der Waals surface area contributed by atoms with Gasteiger partial charge in [0.15, 0.2) is 5.96 Å².